The van der Waals surface area contributed by atoms with E-state index in [0.717, 1.165) is 0 Å². The van der Waals surface area contributed by atoms with Crippen LogP contribution < -0.4 is 10.6 Å². The molecule has 0 rings (SSSR count). The number of aliphatic carboxylic acids is 1. The fourth-order valence-electron chi connectivity index (χ4n) is 0.830. The first-order valence-electron chi connectivity index (χ1n) is 4.92. The van der Waals surface area contributed by atoms with Gasteiger partial charge < -0.3 is 20.5 Å². The summed E-state index contributed by atoms with van der Waals surface area (Å²) in [4.78, 5) is 21.5. The summed E-state index contributed by atoms with van der Waals surface area (Å²) in [5.74, 6) is -1.06. The third kappa shape index (κ3) is 7.75. The van der Waals surface area contributed by atoms with Crippen LogP contribution in [0.25, 0.3) is 0 Å². The molecule has 0 heterocycles. The molecule has 88 valence electrons. The summed E-state index contributed by atoms with van der Waals surface area (Å²) in [5, 5.41) is 13.3. The Balaban J connectivity index is 3.45. The summed E-state index contributed by atoms with van der Waals surface area (Å²) in [6.07, 6.45) is 0.711. The molecular formula is C9H18N2O4. The molecule has 0 saturated heterocycles. The maximum atomic E-state index is 11.1. The first kappa shape index (κ1) is 13.7. The fraction of sp³-hybridized carbons (Fsp3) is 0.778. The van der Waals surface area contributed by atoms with Gasteiger partial charge in [0.05, 0.1) is 0 Å². The third-order valence-corrected chi connectivity index (χ3v) is 1.67. The molecule has 1 atom stereocenters. The van der Waals surface area contributed by atoms with E-state index in [0.29, 0.717) is 26.2 Å². The SMILES string of the molecule is CCOCCCNC(=O)N[C@H](C)C(=O)O. The third-order valence-electron chi connectivity index (χ3n) is 1.67. The van der Waals surface area contributed by atoms with E-state index in [1.54, 1.807) is 0 Å². The van der Waals surface area contributed by atoms with Crippen LogP contribution in [0.3, 0.4) is 0 Å². The van der Waals surface area contributed by atoms with Crippen molar-refractivity contribution in [1.29, 1.82) is 0 Å². The van der Waals surface area contributed by atoms with Gasteiger partial charge in [0.2, 0.25) is 0 Å². The van der Waals surface area contributed by atoms with E-state index in [-0.39, 0.29) is 0 Å². The number of hydrogen-bond donors (Lipinski definition) is 3. The van der Waals surface area contributed by atoms with Gasteiger partial charge in [-0.15, -0.1) is 0 Å². The number of carboxylic acids is 1. The number of ether oxygens (including phenoxy) is 1. The quantitative estimate of drug-likeness (QED) is 0.532. The first-order valence-corrected chi connectivity index (χ1v) is 4.92. The normalized spacial score (nSPS) is 11.9. The Kier molecular flexibility index (Phi) is 7.35. The van der Waals surface area contributed by atoms with E-state index < -0.39 is 18.0 Å². The van der Waals surface area contributed by atoms with Crippen LogP contribution in [-0.4, -0.2) is 42.9 Å². The van der Waals surface area contributed by atoms with Crippen molar-refractivity contribution in [3.8, 4) is 0 Å². The van der Waals surface area contributed by atoms with Gasteiger partial charge in [0.1, 0.15) is 6.04 Å². The van der Waals surface area contributed by atoms with E-state index in [1.165, 1.54) is 6.92 Å². The summed E-state index contributed by atoms with van der Waals surface area (Å²) in [7, 11) is 0. The van der Waals surface area contributed by atoms with E-state index in [2.05, 4.69) is 10.6 Å². The molecule has 0 fully saturated rings. The molecule has 6 nitrogen and oxygen atoms in total. The highest BCUT2D eigenvalue weighted by Crippen LogP contribution is 1.83. The number of rotatable bonds is 7. The lowest BCUT2D eigenvalue weighted by Crippen LogP contribution is -2.44. The molecule has 2 amide bonds. The molecule has 0 aromatic rings. The van der Waals surface area contributed by atoms with Crippen LogP contribution in [0.1, 0.15) is 20.3 Å². The van der Waals surface area contributed by atoms with Crippen molar-refractivity contribution in [2.24, 2.45) is 0 Å². The smallest absolute Gasteiger partial charge is 0.325 e. The van der Waals surface area contributed by atoms with Gasteiger partial charge in [-0.1, -0.05) is 0 Å². The van der Waals surface area contributed by atoms with E-state index in [9.17, 15) is 9.59 Å². The van der Waals surface area contributed by atoms with Crippen LogP contribution in [0.4, 0.5) is 4.79 Å². The van der Waals surface area contributed by atoms with Gasteiger partial charge in [-0.2, -0.15) is 0 Å². The standard InChI is InChI=1S/C9H18N2O4/c1-3-15-6-4-5-10-9(14)11-7(2)8(12)13/h7H,3-6H2,1-2H3,(H,12,13)(H2,10,11,14)/t7-/m1/s1. The van der Waals surface area contributed by atoms with Crippen LogP contribution >= 0.6 is 0 Å². The Morgan fingerprint density at radius 2 is 2.13 bits per heavy atom. The molecule has 15 heavy (non-hydrogen) atoms. The maximum absolute atomic E-state index is 11.1. The first-order chi connectivity index (χ1) is 7.07. The molecule has 0 aliphatic heterocycles. The second kappa shape index (κ2) is 8.05. The number of carboxylic acid groups (broad SMARTS) is 1. The highest BCUT2D eigenvalue weighted by molar-refractivity contribution is 5.82. The molecule has 0 aromatic heterocycles. The van der Waals surface area contributed by atoms with Gasteiger partial charge in [0.25, 0.3) is 0 Å². The number of carbonyl (C=O) groups excluding carboxylic acids is 1. The summed E-state index contributed by atoms with van der Waals surface area (Å²) in [5.41, 5.74) is 0. The molecule has 3 N–H and O–H groups in total. The van der Waals surface area contributed by atoms with E-state index in [4.69, 9.17) is 9.84 Å². The molecule has 0 aliphatic rings. The lowest BCUT2D eigenvalue weighted by Gasteiger charge is -2.10. The number of nitrogens with one attached hydrogen (secondary N) is 2. The molecule has 0 unspecified atom stereocenters. The van der Waals surface area contributed by atoms with Crippen LogP contribution in [0.5, 0.6) is 0 Å². The van der Waals surface area contributed by atoms with E-state index >= 15 is 0 Å². The monoisotopic (exact) mass is 218 g/mol. The van der Waals surface area contributed by atoms with Crippen molar-refractivity contribution < 1.29 is 19.4 Å². The second-order valence-corrected chi connectivity index (χ2v) is 3.01. The highest BCUT2D eigenvalue weighted by atomic mass is 16.5. The minimum absolute atomic E-state index is 0.470. The number of urea groups is 1. The van der Waals surface area contributed by atoms with Crippen molar-refractivity contribution in [2.75, 3.05) is 19.8 Å². The molecule has 0 radical (unpaired) electrons. The molecule has 0 aliphatic carbocycles. The Morgan fingerprint density at radius 3 is 2.67 bits per heavy atom. The topological polar surface area (TPSA) is 87.7 Å². The van der Waals surface area contributed by atoms with Gasteiger partial charge in [0.15, 0.2) is 0 Å². The Hall–Kier alpha value is -1.30. The molecule has 0 aromatic carbocycles. The summed E-state index contributed by atoms with van der Waals surface area (Å²) in [6.45, 7) is 5.02. The summed E-state index contributed by atoms with van der Waals surface area (Å²) < 4.78 is 5.07. The predicted molar refractivity (Wildman–Crippen MR) is 54.7 cm³/mol. The number of carbonyl (C=O) groups is 2. The summed E-state index contributed by atoms with van der Waals surface area (Å²) in [6, 6.07) is -1.35. The average Bonchev–Trinajstić information content (AvgIpc) is 2.17. The molecule has 0 spiro atoms. The van der Waals surface area contributed by atoms with Gasteiger partial charge in [-0.05, 0) is 20.3 Å². The minimum Gasteiger partial charge on any atom is -0.480 e. The van der Waals surface area contributed by atoms with Crippen molar-refractivity contribution in [1.82, 2.24) is 10.6 Å². The largest absolute Gasteiger partial charge is 0.480 e. The molecule has 0 saturated carbocycles. The molecule has 0 bridgehead atoms. The van der Waals surface area contributed by atoms with Crippen molar-refractivity contribution in [3.05, 3.63) is 0 Å². The zero-order chi connectivity index (χ0) is 11.7. The zero-order valence-corrected chi connectivity index (χ0v) is 9.08. The lowest BCUT2D eigenvalue weighted by molar-refractivity contribution is -0.138. The average molecular weight is 218 g/mol. The minimum atomic E-state index is -1.06. The van der Waals surface area contributed by atoms with Gasteiger partial charge >= 0.3 is 12.0 Å². The number of hydrogen-bond acceptors (Lipinski definition) is 3. The lowest BCUT2D eigenvalue weighted by atomic mass is 10.3. The highest BCUT2D eigenvalue weighted by Gasteiger charge is 2.12. The molecular weight excluding hydrogens is 200 g/mol. The van der Waals surface area contributed by atoms with Crippen molar-refractivity contribution in [3.63, 3.8) is 0 Å². The van der Waals surface area contributed by atoms with E-state index in [1.807, 2.05) is 6.92 Å². The number of amides is 2. The summed E-state index contributed by atoms with van der Waals surface area (Å²) >= 11 is 0. The zero-order valence-electron chi connectivity index (χ0n) is 9.08. The van der Waals surface area contributed by atoms with Crippen LogP contribution in [0.15, 0.2) is 0 Å². The second-order valence-electron chi connectivity index (χ2n) is 3.01. The van der Waals surface area contributed by atoms with Crippen molar-refractivity contribution >= 4 is 12.0 Å². The Bertz CT molecular complexity index is 208. The van der Waals surface area contributed by atoms with Gasteiger partial charge in [0, 0.05) is 19.8 Å². The Labute approximate surface area is 89.0 Å². The van der Waals surface area contributed by atoms with Gasteiger partial charge in [-0.3, -0.25) is 4.79 Å². The fourth-order valence-corrected chi connectivity index (χ4v) is 0.830. The van der Waals surface area contributed by atoms with Crippen LogP contribution in [0.2, 0.25) is 0 Å². The maximum Gasteiger partial charge on any atom is 0.325 e. The van der Waals surface area contributed by atoms with Crippen LogP contribution in [0, 0.1) is 0 Å². The molecule has 6 heteroatoms. The predicted octanol–water partition coefficient (Wildman–Crippen LogP) is 0.185. The Morgan fingerprint density at radius 1 is 1.47 bits per heavy atom. The van der Waals surface area contributed by atoms with Crippen molar-refractivity contribution in [2.45, 2.75) is 26.3 Å². The van der Waals surface area contributed by atoms with Crippen LogP contribution in [-0.2, 0) is 9.53 Å². The van der Waals surface area contributed by atoms with Gasteiger partial charge in [-0.25, -0.2) is 4.79 Å².